The number of hydrogen-bond acceptors (Lipinski definition) is 2. The monoisotopic (exact) mass is 266 g/mol. The molecule has 14 heavy (non-hydrogen) atoms. The van der Waals surface area contributed by atoms with Crippen LogP contribution in [-0.4, -0.2) is 23.4 Å². The number of halogens is 1. The van der Waals surface area contributed by atoms with Crippen LogP contribution in [0.4, 0.5) is 0 Å². The molecule has 0 aromatic rings. The molecule has 0 fully saturated rings. The van der Waals surface area contributed by atoms with Crippen LogP contribution in [0.5, 0.6) is 0 Å². The van der Waals surface area contributed by atoms with E-state index in [1.54, 1.807) is 6.92 Å². The van der Waals surface area contributed by atoms with Crippen molar-refractivity contribution in [2.24, 2.45) is 0 Å². The Labute approximate surface area is 103 Å². The van der Waals surface area contributed by atoms with Crippen molar-refractivity contribution < 1.29 is 17.3 Å². The number of rotatable bonds is 3. The number of unbranched alkanes of at least 4 members (excludes halogenated alkanes) is 1. The fraction of sp³-hybridized carbons (Fsp3) is 0.600. The number of hydrogen-bond donors (Lipinski definition) is 0. The van der Waals surface area contributed by atoms with E-state index in [1.807, 2.05) is 18.1 Å². The van der Waals surface area contributed by atoms with Crippen molar-refractivity contribution in [2.75, 3.05) is 13.6 Å². The molecule has 0 amide bonds. The Bertz CT molecular complexity index is 131. The van der Waals surface area contributed by atoms with Crippen LogP contribution >= 0.6 is 9.69 Å². The van der Waals surface area contributed by atoms with Gasteiger partial charge in [0, 0.05) is 26.0 Å². The van der Waals surface area contributed by atoms with E-state index in [0.29, 0.717) is 0 Å². The first-order valence-electron chi connectivity index (χ1n) is 4.74. The minimum absolute atomic E-state index is 0.847. The molecule has 0 aromatic heterocycles. The summed E-state index contributed by atoms with van der Waals surface area (Å²) in [6.07, 6.45) is 6.55. The summed E-state index contributed by atoms with van der Waals surface area (Å²) >= 11 is 0.847. The Morgan fingerprint density at radius 1 is 1.36 bits per heavy atom. The fourth-order valence-corrected chi connectivity index (χ4v) is 0.903. The second-order valence-electron chi connectivity index (χ2n) is 2.56. The van der Waals surface area contributed by atoms with E-state index >= 15 is 0 Å². The van der Waals surface area contributed by atoms with Gasteiger partial charge in [0.25, 0.3) is 0 Å². The third-order valence-electron chi connectivity index (χ3n) is 1.51. The van der Waals surface area contributed by atoms with Crippen molar-refractivity contribution in [3.05, 3.63) is 26.0 Å². The zero-order valence-electron chi connectivity index (χ0n) is 9.46. The molecule has 0 N–H and O–H groups in total. The van der Waals surface area contributed by atoms with E-state index in [-0.39, 0.29) is 0 Å². The van der Waals surface area contributed by atoms with Gasteiger partial charge in [0.2, 0.25) is 6.67 Å². The van der Waals surface area contributed by atoms with Gasteiger partial charge in [-0.2, -0.15) is 6.92 Å². The Balaban J connectivity index is 0. The van der Waals surface area contributed by atoms with Gasteiger partial charge in [0.15, 0.2) is 0 Å². The zero-order chi connectivity index (χ0) is 11.4. The molecule has 2 radical (unpaired) electrons. The van der Waals surface area contributed by atoms with Crippen LogP contribution in [0.2, 0.25) is 0 Å². The third-order valence-corrected chi connectivity index (χ3v) is 1.51. The van der Waals surface area contributed by atoms with Crippen molar-refractivity contribution in [1.82, 2.24) is 9.80 Å². The second-order valence-corrected chi connectivity index (χ2v) is 2.56. The molecule has 0 atom stereocenters. The van der Waals surface area contributed by atoms with E-state index < -0.39 is 0 Å². The van der Waals surface area contributed by atoms with Crippen molar-refractivity contribution in [1.29, 1.82) is 0 Å². The van der Waals surface area contributed by atoms with Crippen LogP contribution in [0, 0.1) is 13.6 Å². The standard InChI is InChI=1S/C8H14N2.C2H5.ClH.Zn/c1-3-4-5-10-7-6-9(2)8-10;1-2;;/h6-7H,3-5H2,1-2H3;1H2,2H3;1H;/q;-1;;+2/p-1. The maximum atomic E-state index is 4.76. The molecule has 0 unspecified atom stereocenters. The van der Waals surface area contributed by atoms with Crippen LogP contribution in [0.1, 0.15) is 26.7 Å². The normalized spacial score (nSPS) is 13.1. The molecule has 0 spiro atoms. The molecule has 1 rings (SSSR count). The van der Waals surface area contributed by atoms with Gasteiger partial charge in [-0.3, -0.25) is 0 Å². The molecule has 0 aromatic carbocycles. The molecule has 4 heteroatoms. The molecule has 0 saturated heterocycles. The number of nitrogens with zero attached hydrogens (tertiary/aromatic N) is 2. The van der Waals surface area contributed by atoms with Crippen molar-refractivity contribution in [3.63, 3.8) is 0 Å². The Kier molecular flexibility index (Phi) is 15.8. The molecular formula is C10H19ClN2Zn. The van der Waals surface area contributed by atoms with Gasteiger partial charge in [-0.15, -0.1) is 0 Å². The van der Waals surface area contributed by atoms with Gasteiger partial charge in [-0.05, 0) is 6.42 Å². The SMILES string of the molecule is CCCCN1[C]N(C)C=C1.[CH2-]C.[Cl][Zn+]. The van der Waals surface area contributed by atoms with Gasteiger partial charge >= 0.3 is 27.0 Å². The van der Waals surface area contributed by atoms with Crippen molar-refractivity contribution >= 4 is 9.69 Å². The first kappa shape index (κ1) is 16.7. The predicted molar refractivity (Wildman–Crippen MR) is 58.6 cm³/mol. The summed E-state index contributed by atoms with van der Waals surface area (Å²) in [4.78, 5) is 4.03. The molecule has 0 saturated carbocycles. The maximum absolute atomic E-state index is 4.76. The van der Waals surface area contributed by atoms with E-state index in [4.69, 9.17) is 9.69 Å². The summed E-state index contributed by atoms with van der Waals surface area (Å²) in [6, 6.07) is 0. The van der Waals surface area contributed by atoms with Gasteiger partial charge in [0.05, 0.1) is 0 Å². The van der Waals surface area contributed by atoms with Crippen LogP contribution in [0.3, 0.4) is 0 Å². The Morgan fingerprint density at radius 2 is 1.93 bits per heavy atom. The summed E-state index contributed by atoms with van der Waals surface area (Å²) in [7, 11) is 6.75. The summed E-state index contributed by atoms with van der Waals surface area (Å²) in [5.74, 6) is 0. The van der Waals surface area contributed by atoms with Gasteiger partial charge in [0.1, 0.15) is 0 Å². The summed E-state index contributed by atoms with van der Waals surface area (Å²) in [5, 5.41) is 0. The fourth-order valence-electron chi connectivity index (χ4n) is 0.903. The van der Waals surface area contributed by atoms with Crippen LogP contribution in [-0.2, 0) is 17.3 Å². The molecule has 1 aliphatic rings. The van der Waals surface area contributed by atoms with E-state index in [9.17, 15) is 0 Å². The zero-order valence-corrected chi connectivity index (χ0v) is 13.2. The Hall–Kier alpha value is 0.253. The molecule has 0 aliphatic carbocycles. The summed E-state index contributed by atoms with van der Waals surface area (Å²) < 4.78 is 0. The molecule has 0 bridgehead atoms. The van der Waals surface area contributed by atoms with Gasteiger partial charge < -0.3 is 16.7 Å². The van der Waals surface area contributed by atoms with E-state index in [0.717, 1.165) is 23.9 Å². The van der Waals surface area contributed by atoms with Crippen molar-refractivity contribution in [3.8, 4) is 0 Å². The average molecular weight is 268 g/mol. The van der Waals surface area contributed by atoms with Crippen LogP contribution in [0.25, 0.3) is 0 Å². The average Bonchev–Trinajstić information content (AvgIpc) is 2.67. The first-order valence-corrected chi connectivity index (χ1v) is 8.64. The molecular weight excluding hydrogens is 249 g/mol. The third kappa shape index (κ3) is 8.83. The van der Waals surface area contributed by atoms with Gasteiger partial charge in [-0.1, -0.05) is 13.3 Å². The van der Waals surface area contributed by atoms with Crippen LogP contribution in [0.15, 0.2) is 12.4 Å². The molecule has 1 heterocycles. The summed E-state index contributed by atoms with van der Waals surface area (Å²) in [5.41, 5.74) is 0. The van der Waals surface area contributed by atoms with Gasteiger partial charge in [-0.25, -0.2) is 0 Å². The minimum atomic E-state index is 0.847. The molecule has 2 nitrogen and oxygen atoms in total. The second kappa shape index (κ2) is 13.3. The van der Waals surface area contributed by atoms with E-state index in [1.165, 1.54) is 12.8 Å². The first-order chi connectivity index (χ1) is 6.83. The Morgan fingerprint density at radius 3 is 2.29 bits per heavy atom. The van der Waals surface area contributed by atoms with E-state index in [2.05, 4.69) is 31.6 Å². The molecule has 1 aliphatic heterocycles. The van der Waals surface area contributed by atoms with Crippen molar-refractivity contribution in [2.45, 2.75) is 26.7 Å². The summed E-state index contributed by atoms with van der Waals surface area (Å²) in [6.45, 7) is 11.4. The molecule has 78 valence electrons. The predicted octanol–water partition coefficient (Wildman–Crippen LogP) is 3.03. The van der Waals surface area contributed by atoms with Crippen LogP contribution < -0.4 is 0 Å². The topological polar surface area (TPSA) is 6.48 Å². The quantitative estimate of drug-likeness (QED) is 0.573.